The number of halogens is 4. The number of carbonyl (C=O) groups excluding carboxylic acids is 1. The number of nitrogens with one attached hydrogen (secondary N) is 1. The lowest BCUT2D eigenvalue weighted by Gasteiger charge is -2.42. The molecular formula is C29H30F4N4O. The fourth-order valence-corrected chi connectivity index (χ4v) is 5.54. The molecule has 0 spiro atoms. The number of aromatic nitrogens is 2. The van der Waals surface area contributed by atoms with Crippen LogP contribution < -0.4 is 5.32 Å². The number of imidazole rings is 1. The summed E-state index contributed by atoms with van der Waals surface area (Å²) >= 11 is 0. The Labute approximate surface area is 219 Å². The number of likely N-dealkylation sites (N-methyl/N-ethyl adjacent to an activating group) is 1. The highest BCUT2D eigenvalue weighted by Crippen LogP contribution is 2.45. The third-order valence-electron chi connectivity index (χ3n) is 7.49. The number of alkyl halides is 3. The molecule has 0 unspecified atom stereocenters. The Hall–Kier alpha value is -3.46. The number of hydrogen-bond acceptors (Lipinski definition) is 3. The molecule has 1 aliphatic carbocycles. The number of benzene rings is 2. The quantitative estimate of drug-likeness (QED) is 0.364. The van der Waals surface area contributed by atoms with E-state index in [1.54, 1.807) is 13.1 Å². The summed E-state index contributed by atoms with van der Waals surface area (Å²) in [6.45, 7) is 5.22. The van der Waals surface area contributed by atoms with Gasteiger partial charge in [0, 0.05) is 26.1 Å². The topological polar surface area (TPSA) is 50.2 Å². The van der Waals surface area contributed by atoms with Gasteiger partial charge in [0.15, 0.2) is 0 Å². The van der Waals surface area contributed by atoms with Crippen LogP contribution in [0.2, 0.25) is 0 Å². The van der Waals surface area contributed by atoms with Crippen molar-refractivity contribution in [3.63, 3.8) is 0 Å². The molecule has 5 nitrogen and oxygen atoms in total. The van der Waals surface area contributed by atoms with E-state index < -0.39 is 23.6 Å². The van der Waals surface area contributed by atoms with Gasteiger partial charge in [-0.3, -0.25) is 9.69 Å². The highest BCUT2D eigenvalue weighted by atomic mass is 19.4. The molecule has 1 amide bonds. The minimum atomic E-state index is -4.75. The molecule has 2 heterocycles. The zero-order valence-electron chi connectivity index (χ0n) is 21.1. The number of hydrogen-bond donors (Lipinski definition) is 1. The number of nitrogens with zero attached hydrogens (tertiary/aromatic N) is 3. The molecule has 1 fully saturated rings. The van der Waals surface area contributed by atoms with Gasteiger partial charge in [0.2, 0.25) is 5.91 Å². The third-order valence-corrected chi connectivity index (χ3v) is 7.49. The number of rotatable bonds is 8. The molecule has 9 heteroatoms. The van der Waals surface area contributed by atoms with Crippen molar-refractivity contribution in [2.45, 2.75) is 56.4 Å². The van der Waals surface area contributed by atoms with E-state index >= 15 is 0 Å². The van der Waals surface area contributed by atoms with Gasteiger partial charge < -0.3 is 9.88 Å². The lowest BCUT2D eigenvalue weighted by Crippen LogP contribution is -2.46. The maximum Gasteiger partial charge on any atom is 0.419 e. The first kappa shape index (κ1) is 26.2. The van der Waals surface area contributed by atoms with Crippen LogP contribution >= 0.6 is 0 Å². The van der Waals surface area contributed by atoms with Crippen LogP contribution in [0.4, 0.5) is 17.6 Å². The molecule has 5 rings (SSSR count). The SMILES string of the molecule is C=Cc1nc(C2CC2)n2c1[C@H](CCc1ccc(C(F)(F)F)c(F)c1)N([C@@H](C(=O)NC)c1ccccc1)CC2. The van der Waals surface area contributed by atoms with Crippen LogP contribution in [0, 0.1) is 5.82 Å². The molecule has 38 heavy (non-hydrogen) atoms. The Morgan fingerprint density at radius 1 is 1.18 bits per heavy atom. The summed E-state index contributed by atoms with van der Waals surface area (Å²) in [5.41, 5.74) is 1.73. The molecule has 1 saturated carbocycles. The summed E-state index contributed by atoms with van der Waals surface area (Å²) in [6.07, 6.45) is -0.0742. The molecule has 2 atom stereocenters. The van der Waals surface area contributed by atoms with E-state index in [9.17, 15) is 22.4 Å². The Bertz CT molecular complexity index is 1330. The highest BCUT2D eigenvalue weighted by Gasteiger charge is 2.41. The summed E-state index contributed by atoms with van der Waals surface area (Å²) in [6, 6.07) is 11.7. The van der Waals surface area contributed by atoms with Crippen molar-refractivity contribution in [3.05, 3.63) is 94.8 Å². The Kier molecular flexibility index (Phi) is 7.13. The lowest BCUT2D eigenvalue weighted by molar-refractivity contribution is -0.140. The normalized spacial score (nSPS) is 18.6. The number of fused-ring (bicyclic) bond motifs is 1. The van der Waals surface area contributed by atoms with Gasteiger partial charge in [-0.2, -0.15) is 13.2 Å². The average molecular weight is 527 g/mol. The molecule has 2 aliphatic rings. The molecule has 0 bridgehead atoms. The van der Waals surface area contributed by atoms with Gasteiger partial charge in [-0.25, -0.2) is 9.37 Å². The molecule has 200 valence electrons. The standard InChI is InChI=1S/C29H30F4N4O/c1-3-23-26-24(14-10-18-9-13-21(22(30)17-18)29(31,32)33)36(15-16-37(26)27(35-23)20-11-12-20)25(28(38)34-2)19-7-5-4-6-8-19/h3-9,13,17,20,24-25H,1,10-12,14-16H2,2H3,(H,34,38)/t24-,25+/m0/s1. The molecule has 1 aromatic heterocycles. The van der Waals surface area contributed by atoms with E-state index in [2.05, 4.69) is 21.4 Å². The molecule has 2 aromatic carbocycles. The smallest absolute Gasteiger partial charge is 0.358 e. The van der Waals surface area contributed by atoms with E-state index in [1.165, 1.54) is 6.07 Å². The van der Waals surface area contributed by atoms with Gasteiger partial charge in [0.05, 0.1) is 23.0 Å². The van der Waals surface area contributed by atoms with Gasteiger partial charge in [-0.15, -0.1) is 0 Å². The third kappa shape index (κ3) is 4.99. The van der Waals surface area contributed by atoms with Crippen molar-refractivity contribution in [2.24, 2.45) is 0 Å². The summed E-state index contributed by atoms with van der Waals surface area (Å²) in [4.78, 5) is 20.3. The summed E-state index contributed by atoms with van der Waals surface area (Å²) in [5.74, 6) is -0.00739. The molecule has 1 N–H and O–H groups in total. The van der Waals surface area contributed by atoms with E-state index in [0.29, 0.717) is 37.4 Å². The fourth-order valence-electron chi connectivity index (χ4n) is 5.54. The molecule has 1 aliphatic heterocycles. The monoisotopic (exact) mass is 526 g/mol. The summed E-state index contributed by atoms with van der Waals surface area (Å²) < 4.78 is 55.8. The minimum Gasteiger partial charge on any atom is -0.358 e. The second-order valence-corrected chi connectivity index (χ2v) is 9.90. The number of amides is 1. The fraction of sp³-hybridized carbons (Fsp3) is 0.379. The predicted octanol–water partition coefficient (Wildman–Crippen LogP) is 6.04. The summed E-state index contributed by atoms with van der Waals surface area (Å²) in [7, 11) is 1.60. The van der Waals surface area contributed by atoms with Crippen LogP contribution in [0.1, 0.15) is 71.2 Å². The van der Waals surface area contributed by atoms with Crippen molar-refractivity contribution in [2.75, 3.05) is 13.6 Å². The molecule has 0 saturated heterocycles. The Morgan fingerprint density at radius 2 is 1.92 bits per heavy atom. The van der Waals surface area contributed by atoms with E-state index in [0.717, 1.165) is 47.8 Å². The minimum absolute atomic E-state index is 0.155. The molecule has 3 aromatic rings. The van der Waals surface area contributed by atoms with Crippen molar-refractivity contribution < 1.29 is 22.4 Å². The number of carbonyl (C=O) groups is 1. The Balaban J connectivity index is 1.54. The largest absolute Gasteiger partial charge is 0.419 e. The zero-order valence-corrected chi connectivity index (χ0v) is 21.1. The van der Waals surface area contributed by atoms with Crippen LogP contribution in [-0.2, 0) is 23.9 Å². The van der Waals surface area contributed by atoms with Crippen LogP contribution in [0.15, 0.2) is 55.1 Å². The van der Waals surface area contributed by atoms with Crippen molar-refractivity contribution in [1.82, 2.24) is 19.8 Å². The van der Waals surface area contributed by atoms with Gasteiger partial charge in [-0.1, -0.05) is 43.0 Å². The van der Waals surface area contributed by atoms with E-state index in [4.69, 9.17) is 4.98 Å². The van der Waals surface area contributed by atoms with Crippen molar-refractivity contribution in [1.29, 1.82) is 0 Å². The van der Waals surface area contributed by atoms with Gasteiger partial charge in [0.1, 0.15) is 17.7 Å². The first-order valence-electron chi connectivity index (χ1n) is 12.8. The van der Waals surface area contributed by atoms with Crippen LogP contribution in [0.5, 0.6) is 0 Å². The van der Waals surface area contributed by atoms with Crippen LogP contribution in [0.25, 0.3) is 6.08 Å². The number of aryl methyl sites for hydroxylation is 1. The van der Waals surface area contributed by atoms with E-state index in [1.807, 2.05) is 30.3 Å². The second-order valence-electron chi connectivity index (χ2n) is 9.90. The Morgan fingerprint density at radius 3 is 2.53 bits per heavy atom. The van der Waals surface area contributed by atoms with E-state index in [-0.39, 0.29) is 11.9 Å². The first-order chi connectivity index (χ1) is 18.2. The van der Waals surface area contributed by atoms with Crippen LogP contribution in [0.3, 0.4) is 0 Å². The van der Waals surface area contributed by atoms with Gasteiger partial charge in [-0.05, 0) is 55.0 Å². The maximum absolute atomic E-state index is 14.3. The predicted molar refractivity (Wildman–Crippen MR) is 137 cm³/mol. The summed E-state index contributed by atoms with van der Waals surface area (Å²) in [5, 5.41) is 2.79. The maximum atomic E-state index is 14.3. The zero-order chi connectivity index (χ0) is 27.0. The first-order valence-corrected chi connectivity index (χ1v) is 12.8. The molecule has 0 radical (unpaired) electrons. The highest BCUT2D eigenvalue weighted by molar-refractivity contribution is 5.83. The van der Waals surface area contributed by atoms with Gasteiger partial charge in [0.25, 0.3) is 0 Å². The van der Waals surface area contributed by atoms with Gasteiger partial charge >= 0.3 is 6.18 Å². The second kappa shape index (κ2) is 10.4. The van der Waals surface area contributed by atoms with Crippen molar-refractivity contribution in [3.8, 4) is 0 Å². The van der Waals surface area contributed by atoms with Crippen molar-refractivity contribution >= 4 is 12.0 Å². The lowest BCUT2D eigenvalue weighted by atomic mass is 9.94. The molecular weight excluding hydrogens is 496 g/mol. The van der Waals surface area contributed by atoms with Crippen LogP contribution in [-0.4, -0.2) is 34.0 Å². The average Bonchev–Trinajstić information content (AvgIpc) is 3.68.